The standard InChI is InChI=1S/C20H31N3O/c1-20(2)15-23(14-18(24)21-3)19(20)17-9-11-22(12-10-17)13-16-7-5-4-6-8-16/h4-8,17,19H,9-15H2,1-3H3,(H,21,24). The second-order valence-corrected chi connectivity index (χ2v) is 8.11. The third kappa shape index (κ3) is 3.81. The first-order chi connectivity index (χ1) is 11.5. The van der Waals surface area contributed by atoms with Crippen molar-refractivity contribution < 1.29 is 4.79 Å². The van der Waals surface area contributed by atoms with E-state index in [0.717, 1.165) is 13.1 Å². The molecule has 1 aromatic carbocycles. The zero-order chi connectivity index (χ0) is 17.2. The van der Waals surface area contributed by atoms with E-state index in [-0.39, 0.29) is 5.91 Å². The number of likely N-dealkylation sites (tertiary alicyclic amines) is 2. The summed E-state index contributed by atoms with van der Waals surface area (Å²) < 4.78 is 0. The lowest BCUT2D eigenvalue weighted by Crippen LogP contribution is -2.67. The van der Waals surface area contributed by atoms with Gasteiger partial charge in [-0.3, -0.25) is 14.6 Å². The Morgan fingerprint density at radius 3 is 2.46 bits per heavy atom. The lowest BCUT2D eigenvalue weighted by Gasteiger charge is -2.58. The number of likely N-dealkylation sites (N-methyl/N-ethyl adjacent to an activating group) is 1. The number of rotatable bonds is 5. The molecule has 0 bridgehead atoms. The molecule has 1 N–H and O–H groups in total. The second kappa shape index (κ2) is 7.24. The van der Waals surface area contributed by atoms with Crippen LogP contribution in [0, 0.1) is 11.3 Å². The molecule has 24 heavy (non-hydrogen) atoms. The van der Waals surface area contributed by atoms with E-state index in [2.05, 4.69) is 59.3 Å². The number of carbonyl (C=O) groups excluding carboxylic acids is 1. The fraction of sp³-hybridized carbons (Fsp3) is 0.650. The first kappa shape index (κ1) is 17.4. The smallest absolute Gasteiger partial charge is 0.233 e. The Kier molecular flexibility index (Phi) is 5.26. The van der Waals surface area contributed by atoms with E-state index in [4.69, 9.17) is 0 Å². The third-order valence-corrected chi connectivity index (χ3v) is 5.76. The monoisotopic (exact) mass is 329 g/mol. The maximum Gasteiger partial charge on any atom is 0.233 e. The normalized spacial score (nSPS) is 25.2. The van der Waals surface area contributed by atoms with Gasteiger partial charge in [-0.25, -0.2) is 0 Å². The van der Waals surface area contributed by atoms with Gasteiger partial charge in [-0.1, -0.05) is 44.2 Å². The van der Waals surface area contributed by atoms with Crippen molar-refractivity contribution in [3.8, 4) is 0 Å². The quantitative estimate of drug-likeness (QED) is 0.901. The number of nitrogens with one attached hydrogen (secondary N) is 1. The Bertz CT molecular complexity index is 549. The molecule has 4 heteroatoms. The summed E-state index contributed by atoms with van der Waals surface area (Å²) >= 11 is 0. The Labute approximate surface area is 146 Å². The molecule has 2 fully saturated rings. The Hall–Kier alpha value is -1.39. The predicted molar refractivity (Wildman–Crippen MR) is 97.7 cm³/mol. The van der Waals surface area contributed by atoms with Crippen molar-refractivity contribution in [3.63, 3.8) is 0 Å². The van der Waals surface area contributed by atoms with Crippen LogP contribution in [0.25, 0.3) is 0 Å². The molecule has 1 unspecified atom stereocenters. The van der Waals surface area contributed by atoms with E-state index in [0.29, 0.717) is 23.9 Å². The minimum absolute atomic E-state index is 0.136. The van der Waals surface area contributed by atoms with Gasteiger partial charge in [0.05, 0.1) is 6.54 Å². The van der Waals surface area contributed by atoms with Gasteiger partial charge < -0.3 is 5.32 Å². The van der Waals surface area contributed by atoms with Crippen molar-refractivity contribution in [2.45, 2.75) is 39.3 Å². The van der Waals surface area contributed by atoms with E-state index in [9.17, 15) is 4.79 Å². The van der Waals surface area contributed by atoms with E-state index < -0.39 is 0 Å². The molecule has 2 saturated heterocycles. The van der Waals surface area contributed by atoms with Gasteiger partial charge in [-0.05, 0) is 42.8 Å². The van der Waals surface area contributed by atoms with Crippen molar-refractivity contribution in [2.24, 2.45) is 11.3 Å². The number of amides is 1. The largest absolute Gasteiger partial charge is 0.358 e. The highest BCUT2D eigenvalue weighted by Gasteiger charge is 2.49. The van der Waals surface area contributed by atoms with Crippen LogP contribution in [0.1, 0.15) is 32.3 Å². The van der Waals surface area contributed by atoms with Gasteiger partial charge in [-0.2, -0.15) is 0 Å². The van der Waals surface area contributed by atoms with E-state index >= 15 is 0 Å². The molecule has 0 aliphatic carbocycles. The Balaban J connectivity index is 1.54. The van der Waals surface area contributed by atoms with Crippen molar-refractivity contribution >= 4 is 5.91 Å². The molecule has 0 spiro atoms. The molecule has 2 heterocycles. The SMILES string of the molecule is CNC(=O)CN1CC(C)(C)C1C1CCN(Cc2ccccc2)CC1. The van der Waals surface area contributed by atoms with Crippen LogP contribution in [0.5, 0.6) is 0 Å². The van der Waals surface area contributed by atoms with Gasteiger partial charge in [0.15, 0.2) is 0 Å². The fourth-order valence-corrected chi connectivity index (χ4v) is 4.72. The summed E-state index contributed by atoms with van der Waals surface area (Å²) in [5, 5.41) is 2.76. The Morgan fingerprint density at radius 1 is 1.21 bits per heavy atom. The summed E-state index contributed by atoms with van der Waals surface area (Å²) in [6, 6.07) is 11.3. The average molecular weight is 329 g/mol. The fourth-order valence-electron chi connectivity index (χ4n) is 4.72. The molecule has 132 valence electrons. The van der Waals surface area contributed by atoms with Gasteiger partial charge in [0.1, 0.15) is 0 Å². The topological polar surface area (TPSA) is 35.6 Å². The third-order valence-electron chi connectivity index (χ3n) is 5.76. The summed E-state index contributed by atoms with van der Waals surface area (Å²) in [5.41, 5.74) is 1.74. The maximum atomic E-state index is 11.7. The molecule has 4 nitrogen and oxygen atoms in total. The number of hydrogen-bond acceptors (Lipinski definition) is 3. The first-order valence-corrected chi connectivity index (χ1v) is 9.20. The van der Waals surface area contributed by atoms with Gasteiger partial charge in [0.25, 0.3) is 0 Å². The number of piperidine rings is 1. The summed E-state index contributed by atoms with van der Waals surface area (Å²) in [4.78, 5) is 16.7. The van der Waals surface area contributed by atoms with Crippen molar-refractivity contribution in [3.05, 3.63) is 35.9 Å². The first-order valence-electron chi connectivity index (χ1n) is 9.20. The number of nitrogens with zero attached hydrogens (tertiary/aromatic N) is 2. The lowest BCUT2D eigenvalue weighted by molar-refractivity contribution is -0.134. The van der Waals surface area contributed by atoms with Gasteiger partial charge in [0.2, 0.25) is 5.91 Å². The molecule has 2 aliphatic heterocycles. The molecular formula is C20H31N3O. The average Bonchev–Trinajstić information content (AvgIpc) is 2.56. The summed E-state index contributed by atoms with van der Waals surface area (Å²) in [6.45, 7) is 9.69. The molecule has 1 atom stereocenters. The summed E-state index contributed by atoms with van der Waals surface area (Å²) in [5.74, 6) is 0.849. The molecule has 1 aromatic rings. The van der Waals surface area contributed by atoms with Gasteiger partial charge >= 0.3 is 0 Å². The second-order valence-electron chi connectivity index (χ2n) is 8.11. The van der Waals surface area contributed by atoms with Gasteiger partial charge in [0, 0.05) is 26.2 Å². The molecule has 3 rings (SSSR count). The van der Waals surface area contributed by atoms with E-state index in [1.54, 1.807) is 7.05 Å². The van der Waals surface area contributed by atoms with Crippen LogP contribution in [-0.2, 0) is 11.3 Å². The zero-order valence-electron chi connectivity index (χ0n) is 15.3. The van der Waals surface area contributed by atoms with Crippen LogP contribution in [0.3, 0.4) is 0 Å². The van der Waals surface area contributed by atoms with Crippen LogP contribution in [0.2, 0.25) is 0 Å². The number of carbonyl (C=O) groups is 1. The van der Waals surface area contributed by atoms with Gasteiger partial charge in [-0.15, -0.1) is 0 Å². The van der Waals surface area contributed by atoms with E-state index in [1.807, 2.05) is 0 Å². The van der Waals surface area contributed by atoms with Crippen LogP contribution in [-0.4, -0.2) is 55.0 Å². The van der Waals surface area contributed by atoms with Crippen molar-refractivity contribution in [2.75, 3.05) is 33.2 Å². The summed E-state index contributed by atoms with van der Waals surface area (Å²) in [6.07, 6.45) is 2.48. The maximum absolute atomic E-state index is 11.7. The van der Waals surface area contributed by atoms with Crippen LogP contribution < -0.4 is 5.32 Å². The number of benzene rings is 1. The highest BCUT2D eigenvalue weighted by molar-refractivity contribution is 5.77. The van der Waals surface area contributed by atoms with Crippen LogP contribution >= 0.6 is 0 Å². The molecule has 0 saturated carbocycles. The molecule has 0 aromatic heterocycles. The van der Waals surface area contributed by atoms with Crippen LogP contribution in [0.4, 0.5) is 0 Å². The summed E-state index contributed by atoms with van der Waals surface area (Å²) in [7, 11) is 1.73. The minimum Gasteiger partial charge on any atom is -0.358 e. The zero-order valence-corrected chi connectivity index (χ0v) is 15.3. The molecular weight excluding hydrogens is 298 g/mol. The van der Waals surface area contributed by atoms with Crippen molar-refractivity contribution in [1.82, 2.24) is 15.1 Å². The molecule has 1 amide bonds. The lowest BCUT2D eigenvalue weighted by atomic mass is 9.66. The van der Waals surface area contributed by atoms with E-state index in [1.165, 1.54) is 31.5 Å². The molecule has 2 aliphatic rings. The highest BCUT2D eigenvalue weighted by atomic mass is 16.1. The van der Waals surface area contributed by atoms with Crippen LogP contribution in [0.15, 0.2) is 30.3 Å². The minimum atomic E-state index is 0.136. The predicted octanol–water partition coefficient (Wildman–Crippen LogP) is 2.35. The highest BCUT2D eigenvalue weighted by Crippen LogP contribution is 2.44. The number of hydrogen-bond donors (Lipinski definition) is 1. The van der Waals surface area contributed by atoms with Crippen molar-refractivity contribution in [1.29, 1.82) is 0 Å². The molecule has 0 radical (unpaired) electrons. The Morgan fingerprint density at radius 2 is 1.88 bits per heavy atom.